The minimum atomic E-state index is -3.92. The number of sulfonamides is 1. The lowest BCUT2D eigenvalue weighted by Gasteiger charge is -2.09. The number of nitrogens with zero attached hydrogens (tertiary/aromatic N) is 3. The summed E-state index contributed by atoms with van der Waals surface area (Å²) in [5.74, 6) is -0.482. The summed E-state index contributed by atoms with van der Waals surface area (Å²) in [6.45, 7) is 0.362. The van der Waals surface area contributed by atoms with Crippen molar-refractivity contribution in [1.29, 1.82) is 0 Å². The zero-order valence-corrected chi connectivity index (χ0v) is 16.9. The highest BCUT2D eigenvalue weighted by atomic mass is 32.2. The van der Waals surface area contributed by atoms with Gasteiger partial charge in [0, 0.05) is 5.56 Å². The summed E-state index contributed by atoms with van der Waals surface area (Å²) >= 11 is 0. The van der Waals surface area contributed by atoms with E-state index in [1.165, 1.54) is 35.3 Å². The van der Waals surface area contributed by atoms with Gasteiger partial charge in [-0.3, -0.25) is 14.2 Å². The van der Waals surface area contributed by atoms with Crippen LogP contribution in [0.2, 0.25) is 0 Å². The lowest BCUT2D eigenvalue weighted by atomic mass is 10.1. The molecule has 0 aliphatic carbocycles. The van der Waals surface area contributed by atoms with Crippen molar-refractivity contribution in [3.63, 3.8) is 0 Å². The van der Waals surface area contributed by atoms with Crippen LogP contribution in [-0.2, 0) is 16.6 Å². The number of anilines is 1. The van der Waals surface area contributed by atoms with E-state index in [1.54, 1.807) is 12.1 Å². The number of hydrogen-bond donors (Lipinski definition) is 2. The van der Waals surface area contributed by atoms with E-state index in [2.05, 4.69) is 15.3 Å². The number of benzene rings is 2. The zero-order chi connectivity index (χ0) is 22.0. The Morgan fingerprint density at radius 3 is 2.48 bits per heavy atom. The van der Waals surface area contributed by atoms with Crippen molar-refractivity contribution in [1.82, 2.24) is 14.5 Å². The Bertz CT molecular complexity index is 1430. The number of aromatic nitrogens is 3. The maximum atomic E-state index is 12.9. The lowest BCUT2D eigenvalue weighted by Crippen LogP contribution is -2.22. The highest BCUT2D eigenvalue weighted by molar-refractivity contribution is 7.89. The van der Waals surface area contributed by atoms with Gasteiger partial charge in [0.2, 0.25) is 0 Å². The molecule has 4 aromatic rings. The van der Waals surface area contributed by atoms with Crippen LogP contribution in [-0.4, -0.2) is 28.9 Å². The Balaban J connectivity index is 1.61. The molecule has 0 bridgehead atoms. The van der Waals surface area contributed by atoms with E-state index in [-0.39, 0.29) is 21.8 Å². The number of carbonyl (C=O) groups excluding carboxylic acids is 1. The minimum Gasteiger partial charge on any atom is -0.321 e. The van der Waals surface area contributed by atoms with Crippen LogP contribution in [0.3, 0.4) is 0 Å². The molecule has 0 aliphatic rings. The summed E-state index contributed by atoms with van der Waals surface area (Å²) in [5.41, 5.74) is 1.70. The SMILES string of the molecule is NS(=O)(=O)c1ccc(NC(=O)c2ccc3ncn(Cc4ccccc4)c(=O)c3c2)cn1. The average molecular weight is 435 g/mol. The summed E-state index contributed by atoms with van der Waals surface area (Å²) < 4.78 is 24.0. The van der Waals surface area contributed by atoms with Crippen molar-refractivity contribution >= 4 is 32.5 Å². The van der Waals surface area contributed by atoms with Gasteiger partial charge in [0.15, 0.2) is 5.03 Å². The van der Waals surface area contributed by atoms with Gasteiger partial charge in [0.05, 0.1) is 35.7 Å². The Morgan fingerprint density at radius 1 is 1.03 bits per heavy atom. The molecule has 0 saturated heterocycles. The molecule has 9 nitrogen and oxygen atoms in total. The number of amides is 1. The molecular weight excluding hydrogens is 418 g/mol. The Hall–Kier alpha value is -3.89. The fourth-order valence-corrected chi connectivity index (χ4v) is 3.48. The molecule has 4 rings (SSSR count). The number of primary sulfonamides is 1. The molecule has 156 valence electrons. The van der Waals surface area contributed by atoms with E-state index in [9.17, 15) is 18.0 Å². The third-order valence-corrected chi connectivity index (χ3v) is 5.39. The fraction of sp³-hybridized carbons (Fsp3) is 0.0476. The molecule has 3 N–H and O–H groups in total. The summed E-state index contributed by atoms with van der Waals surface area (Å²) in [6.07, 6.45) is 2.67. The quantitative estimate of drug-likeness (QED) is 0.490. The third-order valence-electron chi connectivity index (χ3n) is 4.57. The minimum absolute atomic E-state index is 0.249. The molecular formula is C21H17N5O4S. The predicted molar refractivity (Wildman–Crippen MR) is 115 cm³/mol. The van der Waals surface area contributed by atoms with E-state index in [0.29, 0.717) is 17.4 Å². The molecule has 0 unspecified atom stereocenters. The van der Waals surface area contributed by atoms with Gasteiger partial charge in [-0.15, -0.1) is 0 Å². The number of nitrogens with two attached hydrogens (primary N) is 1. The average Bonchev–Trinajstić information content (AvgIpc) is 2.76. The number of carbonyl (C=O) groups is 1. The first-order chi connectivity index (χ1) is 14.8. The van der Waals surface area contributed by atoms with Gasteiger partial charge in [-0.25, -0.2) is 23.5 Å². The molecule has 0 saturated carbocycles. The van der Waals surface area contributed by atoms with Gasteiger partial charge in [-0.05, 0) is 35.9 Å². The molecule has 0 fully saturated rings. The van der Waals surface area contributed by atoms with Crippen molar-refractivity contribution in [2.45, 2.75) is 11.6 Å². The van der Waals surface area contributed by atoms with Crippen LogP contribution < -0.4 is 16.0 Å². The van der Waals surface area contributed by atoms with Gasteiger partial charge in [-0.2, -0.15) is 0 Å². The highest BCUT2D eigenvalue weighted by Crippen LogP contribution is 2.14. The standard InChI is InChI=1S/C21H17N5O4S/c22-31(29,30)19-9-7-16(11-23-19)25-20(27)15-6-8-18-17(10-15)21(28)26(13-24-18)12-14-4-2-1-3-5-14/h1-11,13H,12H2,(H,25,27)(H2,22,29,30). The number of hydrogen-bond acceptors (Lipinski definition) is 6. The molecule has 2 heterocycles. The number of fused-ring (bicyclic) bond motifs is 1. The monoisotopic (exact) mass is 435 g/mol. The Labute approximate surface area is 177 Å². The van der Waals surface area contributed by atoms with Crippen LogP contribution in [0.1, 0.15) is 15.9 Å². The van der Waals surface area contributed by atoms with E-state index in [0.717, 1.165) is 5.56 Å². The molecule has 0 aliphatic heterocycles. The largest absolute Gasteiger partial charge is 0.321 e. The van der Waals surface area contributed by atoms with E-state index < -0.39 is 15.9 Å². The molecule has 0 atom stereocenters. The van der Waals surface area contributed by atoms with Gasteiger partial charge in [0.1, 0.15) is 0 Å². The predicted octanol–water partition coefficient (Wildman–Crippen LogP) is 1.74. The van der Waals surface area contributed by atoms with Gasteiger partial charge in [0.25, 0.3) is 21.5 Å². The number of nitrogens with one attached hydrogen (secondary N) is 1. The van der Waals surface area contributed by atoms with Crippen molar-refractivity contribution in [3.8, 4) is 0 Å². The van der Waals surface area contributed by atoms with Gasteiger partial charge < -0.3 is 5.32 Å². The van der Waals surface area contributed by atoms with Crippen LogP contribution in [0.15, 0.2) is 83.0 Å². The molecule has 2 aromatic carbocycles. The van der Waals surface area contributed by atoms with Crippen LogP contribution in [0.4, 0.5) is 5.69 Å². The first-order valence-corrected chi connectivity index (χ1v) is 10.7. The smallest absolute Gasteiger partial charge is 0.261 e. The zero-order valence-electron chi connectivity index (χ0n) is 16.1. The maximum absolute atomic E-state index is 12.9. The molecule has 31 heavy (non-hydrogen) atoms. The number of pyridine rings is 1. The summed E-state index contributed by atoms with van der Waals surface area (Å²) in [4.78, 5) is 33.6. The van der Waals surface area contributed by atoms with Gasteiger partial charge in [-0.1, -0.05) is 30.3 Å². The van der Waals surface area contributed by atoms with Crippen LogP contribution in [0.25, 0.3) is 10.9 Å². The van der Waals surface area contributed by atoms with Crippen LogP contribution >= 0.6 is 0 Å². The van der Waals surface area contributed by atoms with E-state index in [1.807, 2.05) is 30.3 Å². The van der Waals surface area contributed by atoms with E-state index in [4.69, 9.17) is 5.14 Å². The Morgan fingerprint density at radius 2 is 1.81 bits per heavy atom. The second-order valence-corrected chi connectivity index (χ2v) is 8.29. The Kier molecular flexibility index (Phi) is 5.32. The second kappa shape index (κ2) is 8.09. The summed E-state index contributed by atoms with van der Waals surface area (Å²) in [7, 11) is -3.92. The van der Waals surface area contributed by atoms with E-state index >= 15 is 0 Å². The van der Waals surface area contributed by atoms with Crippen molar-refractivity contribution < 1.29 is 13.2 Å². The normalized spacial score (nSPS) is 11.4. The first kappa shape index (κ1) is 20.4. The third kappa shape index (κ3) is 4.49. The van der Waals surface area contributed by atoms with Crippen molar-refractivity contribution in [3.05, 3.63) is 94.7 Å². The molecule has 10 heteroatoms. The number of rotatable bonds is 5. The second-order valence-electron chi connectivity index (χ2n) is 6.78. The molecule has 1 amide bonds. The maximum Gasteiger partial charge on any atom is 0.261 e. The van der Waals surface area contributed by atoms with Crippen LogP contribution in [0.5, 0.6) is 0 Å². The topological polar surface area (TPSA) is 137 Å². The molecule has 2 aromatic heterocycles. The van der Waals surface area contributed by atoms with Crippen molar-refractivity contribution in [2.24, 2.45) is 5.14 Å². The highest BCUT2D eigenvalue weighted by Gasteiger charge is 2.13. The lowest BCUT2D eigenvalue weighted by molar-refractivity contribution is 0.102. The summed E-state index contributed by atoms with van der Waals surface area (Å²) in [6, 6.07) is 16.7. The first-order valence-electron chi connectivity index (χ1n) is 9.14. The van der Waals surface area contributed by atoms with Gasteiger partial charge >= 0.3 is 0 Å². The van der Waals surface area contributed by atoms with Crippen molar-refractivity contribution in [2.75, 3.05) is 5.32 Å². The van der Waals surface area contributed by atoms with Crippen LogP contribution in [0, 0.1) is 0 Å². The molecule has 0 spiro atoms. The molecule has 0 radical (unpaired) electrons. The summed E-state index contributed by atoms with van der Waals surface area (Å²) in [5, 5.41) is 7.63. The fourth-order valence-electron chi connectivity index (χ4n) is 3.02.